The summed E-state index contributed by atoms with van der Waals surface area (Å²) < 4.78 is 12.8. The van der Waals surface area contributed by atoms with Crippen molar-refractivity contribution in [2.45, 2.75) is 174 Å². The number of hydrogen-bond acceptors (Lipinski definition) is 8. The molecule has 0 aromatic carbocycles. The van der Waals surface area contributed by atoms with Gasteiger partial charge in [0.1, 0.15) is 11.7 Å². The summed E-state index contributed by atoms with van der Waals surface area (Å²) in [7, 11) is 0. The Labute approximate surface area is 289 Å². The van der Waals surface area contributed by atoms with Crippen LogP contribution in [0.2, 0.25) is 0 Å². The minimum atomic E-state index is -1.93. The molecular formula is C40H64O8. The lowest BCUT2D eigenvalue weighted by atomic mass is 9.59. The van der Waals surface area contributed by atoms with Gasteiger partial charge in [0.2, 0.25) is 0 Å². The number of unbranched alkanes of at least 4 members (excludes halogenated alkanes) is 12. The highest BCUT2D eigenvalue weighted by molar-refractivity contribution is 6.04. The highest BCUT2D eigenvalue weighted by Crippen LogP contribution is 2.77. The monoisotopic (exact) mass is 672 g/mol. The minimum absolute atomic E-state index is 0.104. The van der Waals surface area contributed by atoms with Gasteiger partial charge < -0.3 is 24.8 Å². The number of Topliss-reactive ketones (excluding diaryl/α,β-unsaturated/α-hetero) is 1. The molecule has 8 nitrogen and oxygen atoms in total. The summed E-state index contributed by atoms with van der Waals surface area (Å²) in [6.45, 7) is 11.4. The smallest absolute Gasteiger partial charge is 0.306 e. The first-order valence-electron chi connectivity index (χ1n) is 19.2. The Balaban J connectivity index is 1.62. The molecule has 4 aliphatic carbocycles. The molecule has 2 fully saturated rings. The van der Waals surface area contributed by atoms with Crippen molar-refractivity contribution in [2.24, 2.45) is 29.1 Å². The Morgan fingerprint density at radius 3 is 1.90 bits per heavy atom. The molecule has 0 amide bonds. The normalized spacial score (nSPS) is 34.7. The Bertz CT molecular complexity index is 1220. The van der Waals surface area contributed by atoms with Crippen LogP contribution in [-0.4, -0.2) is 62.6 Å². The van der Waals surface area contributed by atoms with Crippen molar-refractivity contribution in [3.63, 3.8) is 0 Å². The summed E-state index contributed by atoms with van der Waals surface area (Å²) in [5.41, 5.74) is -4.71. The van der Waals surface area contributed by atoms with E-state index in [1.165, 1.54) is 38.5 Å². The number of rotatable bonds is 19. The summed E-state index contributed by atoms with van der Waals surface area (Å²) in [5, 5.41) is 35.3. The molecule has 0 radical (unpaired) electrons. The fourth-order valence-electron chi connectivity index (χ4n) is 9.72. The summed E-state index contributed by atoms with van der Waals surface area (Å²) in [6, 6.07) is 0. The predicted octanol–water partition coefficient (Wildman–Crippen LogP) is 7.31. The van der Waals surface area contributed by atoms with E-state index in [1.807, 2.05) is 13.8 Å². The molecule has 3 N–H and O–H groups in total. The lowest BCUT2D eigenvalue weighted by Gasteiger charge is -2.53. The zero-order valence-corrected chi connectivity index (χ0v) is 30.7. The van der Waals surface area contributed by atoms with Crippen LogP contribution < -0.4 is 0 Å². The lowest BCUT2D eigenvalue weighted by molar-refractivity contribution is -0.229. The molecule has 4 aliphatic rings. The zero-order chi connectivity index (χ0) is 35.3. The summed E-state index contributed by atoms with van der Waals surface area (Å²) in [5.74, 6) is -4.11. The highest BCUT2D eigenvalue weighted by Gasteiger charge is 2.87. The number of esters is 2. The average Bonchev–Trinajstić information content (AvgIpc) is 3.47. The molecule has 8 heteroatoms. The van der Waals surface area contributed by atoms with Crippen molar-refractivity contribution < 1.29 is 39.2 Å². The maximum Gasteiger partial charge on any atom is 0.306 e. The van der Waals surface area contributed by atoms with Gasteiger partial charge in [-0.1, -0.05) is 124 Å². The third kappa shape index (κ3) is 7.10. The Morgan fingerprint density at radius 1 is 0.833 bits per heavy atom. The van der Waals surface area contributed by atoms with E-state index in [0.717, 1.165) is 38.5 Å². The second-order valence-corrected chi connectivity index (χ2v) is 16.1. The van der Waals surface area contributed by atoms with E-state index < -0.39 is 63.7 Å². The minimum Gasteiger partial charge on any atom is -0.458 e. The summed E-state index contributed by atoms with van der Waals surface area (Å²) in [6.07, 6.45) is 17.8. The number of carbonyl (C=O) groups excluding carboxylic acids is 3. The Hall–Kier alpha value is -2.03. The maximum absolute atomic E-state index is 13.6. The van der Waals surface area contributed by atoms with Gasteiger partial charge in [-0.15, -0.1) is 0 Å². The van der Waals surface area contributed by atoms with Crippen LogP contribution in [0.25, 0.3) is 0 Å². The van der Waals surface area contributed by atoms with Crippen LogP contribution in [0.3, 0.4) is 0 Å². The van der Waals surface area contributed by atoms with Crippen LogP contribution in [0.4, 0.5) is 0 Å². The number of ether oxygens (including phenoxy) is 2. The molecule has 0 aromatic heterocycles. The fraction of sp³-hybridized carbons (Fsp3) is 0.825. The van der Waals surface area contributed by atoms with Crippen LogP contribution in [-0.2, 0) is 23.9 Å². The van der Waals surface area contributed by atoms with Gasteiger partial charge in [0.15, 0.2) is 11.4 Å². The van der Waals surface area contributed by atoms with Crippen LogP contribution in [0, 0.1) is 29.1 Å². The molecule has 4 rings (SSSR count). The second kappa shape index (κ2) is 15.9. The van der Waals surface area contributed by atoms with Gasteiger partial charge in [-0.25, -0.2) is 0 Å². The van der Waals surface area contributed by atoms with E-state index in [-0.39, 0.29) is 31.8 Å². The topological polar surface area (TPSA) is 130 Å². The van der Waals surface area contributed by atoms with Crippen molar-refractivity contribution in [3.05, 3.63) is 23.3 Å². The van der Waals surface area contributed by atoms with Crippen molar-refractivity contribution >= 4 is 17.7 Å². The number of ketones is 1. The van der Waals surface area contributed by atoms with Crippen LogP contribution in [0.15, 0.2) is 23.3 Å². The third-order valence-corrected chi connectivity index (χ3v) is 12.5. The number of aliphatic hydroxyl groups is 3. The quantitative estimate of drug-likeness (QED) is 0.0740. The van der Waals surface area contributed by atoms with Gasteiger partial charge in [-0.2, -0.15) is 0 Å². The molecule has 2 saturated carbocycles. The van der Waals surface area contributed by atoms with Crippen molar-refractivity contribution in [3.8, 4) is 0 Å². The van der Waals surface area contributed by atoms with Gasteiger partial charge in [0, 0.05) is 48.3 Å². The van der Waals surface area contributed by atoms with E-state index in [9.17, 15) is 29.7 Å². The number of aliphatic hydroxyl groups excluding tert-OH is 1. The fourth-order valence-corrected chi connectivity index (χ4v) is 9.72. The Morgan fingerprint density at radius 2 is 1.35 bits per heavy atom. The van der Waals surface area contributed by atoms with Gasteiger partial charge in [-0.3, -0.25) is 14.4 Å². The first-order valence-corrected chi connectivity index (χ1v) is 19.2. The molecule has 1 unspecified atom stereocenters. The summed E-state index contributed by atoms with van der Waals surface area (Å²) >= 11 is 0. The van der Waals surface area contributed by atoms with E-state index in [0.29, 0.717) is 24.0 Å². The first-order chi connectivity index (χ1) is 22.8. The molecule has 272 valence electrons. The van der Waals surface area contributed by atoms with Crippen molar-refractivity contribution in [2.75, 3.05) is 6.61 Å². The van der Waals surface area contributed by atoms with E-state index in [2.05, 4.69) is 13.8 Å². The number of fused-ring (bicyclic) bond motifs is 5. The van der Waals surface area contributed by atoms with E-state index in [4.69, 9.17) is 9.47 Å². The molecule has 0 aromatic rings. The zero-order valence-electron chi connectivity index (χ0n) is 30.7. The molecule has 0 aliphatic heterocycles. The van der Waals surface area contributed by atoms with Gasteiger partial charge >= 0.3 is 11.9 Å². The van der Waals surface area contributed by atoms with Crippen molar-refractivity contribution in [1.29, 1.82) is 0 Å². The third-order valence-electron chi connectivity index (χ3n) is 12.5. The summed E-state index contributed by atoms with van der Waals surface area (Å²) in [4.78, 5) is 40.6. The van der Waals surface area contributed by atoms with Crippen LogP contribution in [0.1, 0.15) is 151 Å². The van der Waals surface area contributed by atoms with E-state index in [1.54, 1.807) is 26.0 Å². The van der Waals surface area contributed by atoms with Crippen LogP contribution >= 0.6 is 0 Å². The standard InChI is InChI=1S/C40H64O8/c1-7-9-11-13-15-17-19-21-32(42)47-36-28(4)39(46)30(24-29(26-41)25-38(45)31(39)23-27(3)35(38)44)34-37(5,6)40(34,36)48-33(43)22-20-18-16-14-12-10-8-2/h23-24,28,30-31,34,36,41,45-46H,7-22,25-26H2,1-6H3/t28-,30+,31-,34?,36-,38-,39-,40-/m1/s1. The molecular weight excluding hydrogens is 608 g/mol. The average molecular weight is 673 g/mol. The van der Waals surface area contributed by atoms with Gasteiger partial charge in [-0.05, 0) is 30.9 Å². The molecule has 0 bridgehead atoms. The van der Waals surface area contributed by atoms with Crippen LogP contribution in [0.5, 0.6) is 0 Å². The predicted molar refractivity (Wildman–Crippen MR) is 186 cm³/mol. The highest BCUT2D eigenvalue weighted by atomic mass is 16.6. The maximum atomic E-state index is 13.6. The second-order valence-electron chi connectivity index (χ2n) is 16.1. The molecule has 0 saturated heterocycles. The number of hydrogen-bond donors (Lipinski definition) is 3. The molecule has 48 heavy (non-hydrogen) atoms. The molecule has 8 atom stereocenters. The Kier molecular flexibility index (Phi) is 12.8. The van der Waals surface area contributed by atoms with Crippen molar-refractivity contribution in [1.82, 2.24) is 0 Å². The number of carbonyl (C=O) groups is 3. The van der Waals surface area contributed by atoms with E-state index >= 15 is 0 Å². The first kappa shape index (κ1) is 38.8. The van der Waals surface area contributed by atoms with Gasteiger partial charge in [0.05, 0.1) is 12.2 Å². The van der Waals surface area contributed by atoms with Gasteiger partial charge in [0.25, 0.3) is 0 Å². The SMILES string of the molecule is CCCCCCCCCC(=O)O[C@@H]1[C@@H](C)[C@@]2(O)[C@@H](C=C(CO)C[C@]3(O)C(=O)C(C)=C[C@@H]23)C2C(C)(C)[C@@]21OC(=O)CCCCCCCCC. The lowest BCUT2D eigenvalue weighted by Crippen LogP contribution is -2.66. The molecule has 0 heterocycles. The molecule has 0 spiro atoms. The largest absolute Gasteiger partial charge is 0.458 e.